The highest BCUT2D eigenvalue weighted by Crippen LogP contribution is 2.27. The molecule has 0 saturated heterocycles. The standard InChI is InChI=1S/C10H9BrF2O3/c1-15-9(14)8(11)6-3-2-4-7(5-6)16-10(12)13/h2-5,8,10H,1H3. The number of carbonyl (C=O) groups is 1. The molecule has 0 spiro atoms. The predicted octanol–water partition coefficient (Wildman–Crippen LogP) is 2.90. The number of benzene rings is 1. The van der Waals surface area contributed by atoms with Crippen molar-refractivity contribution in [1.29, 1.82) is 0 Å². The van der Waals surface area contributed by atoms with Crippen molar-refractivity contribution in [3.05, 3.63) is 29.8 Å². The van der Waals surface area contributed by atoms with Crippen LogP contribution in [0.2, 0.25) is 0 Å². The van der Waals surface area contributed by atoms with Crippen LogP contribution in [0.25, 0.3) is 0 Å². The van der Waals surface area contributed by atoms with Crippen LogP contribution in [0.4, 0.5) is 8.78 Å². The van der Waals surface area contributed by atoms with Crippen molar-refractivity contribution >= 4 is 21.9 Å². The first-order chi connectivity index (χ1) is 7.54. The summed E-state index contributed by atoms with van der Waals surface area (Å²) in [7, 11) is 1.25. The highest BCUT2D eigenvalue weighted by atomic mass is 79.9. The van der Waals surface area contributed by atoms with E-state index >= 15 is 0 Å². The van der Waals surface area contributed by atoms with Crippen LogP contribution in [0, 0.1) is 0 Å². The van der Waals surface area contributed by atoms with Crippen LogP contribution < -0.4 is 4.74 Å². The molecule has 16 heavy (non-hydrogen) atoms. The monoisotopic (exact) mass is 294 g/mol. The topological polar surface area (TPSA) is 35.5 Å². The van der Waals surface area contributed by atoms with Crippen molar-refractivity contribution in [3.63, 3.8) is 0 Å². The van der Waals surface area contributed by atoms with Gasteiger partial charge in [-0.15, -0.1) is 0 Å². The van der Waals surface area contributed by atoms with E-state index in [9.17, 15) is 13.6 Å². The zero-order valence-corrected chi connectivity index (χ0v) is 9.91. The van der Waals surface area contributed by atoms with E-state index in [1.807, 2.05) is 0 Å². The van der Waals surface area contributed by atoms with Crippen LogP contribution in [-0.4, -0.2) is 19.7 Å². The maximum absolute atomic E-state index is 12.0. The molecule has 0 aliphatic heterocycles. The highest BCUT2D eigenvalue weighted by Gasteiger charge is 2.18. The van der Waals surface area contributed by atoms with Gasteiger partial charge in [-0.25, -0.2) is 0 Å². The van der Waals surface area contributed by atoms with E-state index in [1.165, 1.54) is 25.3 Å². The molecule has 1 unspecified atom stereocenters. The molecule has 1 rings (SSSR count). The number of rotatable bonds is 4. The summed E-state index contributed by atoms with van der Waals surface area (Å²) in [6, 6.07) is 5.86. The molecule has 0 heterocycles. The third-order valence-corrected chi connectivity index (χ3v) is 2.69. The molecular weight excluding hydrogens is 286 g/mol. The molecule has 0 bridgehead atoms. The maximum atomic E-state index is 12.0. The van der Waals surface area contributed by atoms with Gasteiger partial charge >= 0.3 is 12.6 Å². The second-order valence-corrected chi connectivity index (χ2v) is 3.75. The van der Waals surface area contributed by atoms with E-state index in [2.05, 4.69) is 25.4 Å². The summed E-state index contributed by atoms with van der Waals surface area (Å²) in [6.45, 7) is -2.89. The van der Waals surface area contributed by atoms with Crippen molar-refractivity contribution in [2.75, 3.05) is 7.11 Å². The Balaban J connectivity index is 2.85. The summed E-state index contributed by atoms with van der Waals surface area (Å²) in [5.74, 6) is -0.505. The Hall–Kier alpha value is -1.17. The summed E-state index contributed by atoms with van der Waals surface area (Å²) in [6.07, 6.45) is 0. The first-order valence-electron chi connectivity index (χ1n) is 4.31. The molecule has 0 saturated carbocycles. The summed E-state index contributed by atoms with van der Waals surface area (Å²) >= 11 is 3.09. The van der Waals surface area contributed by atoms with Crippen molar-refractivity contribution < 1.29 is 23.0 Å². The van der Waals surface area contributed by atoms with Gasteiger partial charge in [-0.1, -0.05) is 28.1 Å². The second-order valence-electron chi connectivity index (χ2n) is 2.84. The lowest BCUT2D eigenvalue weighted by molar-refractivity contribution is -0.139. The Morgan fingerprint density at radius 3 is 2.69 bits per heavy atom. The zero-order chi connectivity index (χ0) is 12.1. The van der Waals surface area contributed by atoms with Gasteiger partial charge in [0.2, 0.25) is 0 Å². The number of esters is 1. The number of hydrogen-bond acceptors (Lipinski definition) is 3. The quantitative estimate of drug-likeness (QED) is 0.633. The fourth-order valence-electron chi connectivity index (χ4n) is 1.09. The normalized spacial score (nSPS) is 12.3. The number of carbonyl (C=O) groups excluding carboxylic acids is 1. The predicted molar refractivity (Wildman–Crippen MR) is 56.8 cm³/mol. The van der Waals surface area contributed by atoms with Crippen LogP contribution in [0.5, 0.6) is 5.75 Å². The number of ether oxygens (including phenoxy) is 2. The van der Waals surface area contributed by atoms with Crippen molar-refractivity contribution in [3.8, 4) is 5.75 Å². The molecule has 1 atom stereocenters. The van der Waals surface area contributed by atoms with E-state index in [1.54, 1.807) is 6.07 Å². The van der Waals surface area contributed by atoms with Gasteiger partial charge < -0.3 is 9.47 Å². The summed E-state index contributed by atoms with van der Waals surface area (Å²) in [4.78, 5) is 10.5. The molecule has 0 fully saturated rings. The van der Waals surface area contributed by atoms with Gasteiger partial charge in [0.1, 0.15) is 10.6 Å². The molecular formula is C10H9BrF2O3. The minimum atomic E-state index is -2.89. The van der Waals surface area contributed by atoms with Gasteiger partial charge in [-0.3, -0.25) is 4.79 Å². The second kappa shape index (κ2) is 5.79. The fourth-order valence-corrected chi connectivity index (χ4v) is 1.56. The Bertz CT molecular complexity index is 371. The zero-order valence-electron chi connectivity index (χ0n) is 8.32. The van der Waals surface area contributed by atoms with Crippen molar-refractivity contribution in [2.45, 2.75) is 11.4 Å². The minimum Gasteiger partial charge on any atom is -0.468 e. The summed E-state index contributed by atoms with van der Waals surface area (Å²) in [5, 5.41) is 0. The number of alkyl halides is 3. The highest BCUT2D eigenvalue weighted by molar-refractivity contribution is 9.09. The lowest BCUT2D eigenvalue weighted by Crippen LogP contribution is -2.08. The molecule has 0 radical (unpaired) electrons. The SMILES string of the molecule is COC(=O)C(Br)c1cccc(OC(F)F)c1. The van der Waals surface area contributed by atoms with Gasteiger partial charge in [0.05, 0.1) is 7.11 Å². The van der Waals surface area contributed by atoms with Crippen molar-refractivity contribution in [1.82, 2.24) is 0 Å². The third-order valence-electron chi connectivity index (χ3n) is 1.78. The van der Waals surface area contributed by atoms with E-state index in [0.717, 1.165) is 0 Å². The Morgan fingerprint density at radius 2 is 2.12 bits per heavy atom. The Labute approximate surface area is 99.5 Å². The van der Waals surface area contributed by atoms with Gasteiger partial charge in [0.15, 0.2) is 0 Å². The molecule has 0 aliphatic carbocycles. The van der Waals surface area contributed by atoms with Crippen LogP contribution in [0.1, 0.15) is 10.4 Å². The lowest BCUT2D eigenvalue weighted by Gasteiger charge is -2.10. The summed E-state index contributed by atoms with van der Waals surface area (Å²) < 4.78 is 32.6. The maximum Gasteiger partial charge on any atom is 0.387 e. The number of halogens is 3. The Morgan fingerprint density at radius 1 is 1.44 bits per heavy atom. The van der Waals surface area contributed by atoms with Crippen LogP contribution >= 0.6 is 15.9 Å². The molecule has 1 aromatic rings. The van der Waals surface area contributed by atoms with Crippen LogP contribution in [0.3, 0.4) is 0 Å². The number of methoxy groups -OCH3 is 1. The molecule has 0 amide bonds. The van der Waals surface area contributed by atoms with Crippen LogP contribution in [-0.2, 0) is 9.53 Å². The number of hydrogen-bond donors (Lipinski definition) is 0. The van der Waals surface area contributed by atoms with Gasteiger partial charge in [-0.2, -0.15) is 8.78 Å². The average molecular weight is 295 g/mol. The van der Waals surface area contributed by atoms with E-state index in [4.69, 9.17) is 0 Å². The molecule has 0 aromatic heterocycles. The van der Waals surface area contributed by atoms with E-state index in [-0.39, 0.29) is 5.75 Å². The van der Waals surface area contributed by atoms with Gasteiger partial charge in [-0.05, 0) is 17.7 Å². The molecule has 1 aromatic carbocycles. The minimum absolute atomic E-state index is 0.000790. The molecule has 0 aliphatic rings. The third kappa shape index (κ3) is 3.44. The first kappa shape index (κ1) is 12.9. The van der Waals surface area contributed by atoms with Gasteiger partial charge in [0.25, 0.3) is 0 Å². The summed E-state index contributed by atoms with van der Waals surface area (Å²) in [5.41, 5.74) is 0.491. The van der Waals surface area contributed by atoms with Crippen molar-refractivity contribution in [2.24, 2.45) is 0 Å². The van der Waals surface area contributed by atoms with E-state index < -0.39 is 17.4 Å². The molecule has 6 heteroatoms. The first-order valence-corrected chi connectivity index (χ1v) is 5.23. The smallest absolute Gasteiger partial charge is 0.387 e. The largest absolute Gasteiger partial charge is 0.468 e. The van der Waals surface area contributed by atoms with E-state index in [0.29, 0.717) is 5.56 Å². The molecule has 88 valence electrons. The average Bonchev–Trinajstić information content (AvgIpc) is 2.26. The van der Waals surface area contributed by atoms with Gasteiger partial charge in [0, 0.05) is 0 Å². The Kier molecular flexibility index (Phi) is 4.67. The van der Waals surface area contributed by atoms with Crippen LogP contribution in [0.15, 0.2) is 24.3 Å². The molecule has 3 nitrogen and oxygen atoms in total. The fraction of sp³-hybridized carbons (Fsp3) is 0.300. The lowest BCUT2D eigenvalue weighted by atomic mass is 10.1. The molecule has 0 N–H and O–H groups in total.